The molecule has 0 heterocycles. The second-order valence-corrected chi connectivity index (χ2v) is 9.76. The molecule has 0 spiro atoms. The normalized spacial score (nSPS) is 43.4. The summed E-state index contributed by atoms with van der Waals surface area (Å²) in [5.41, 5.74) is 10.6. The molecule has 6 atom stereocenters. The highest BCUT2D eigenvalue weighted by atomic mass is 16.5. The van der Waals surface area contributed by atoms with Gasteiger partial charge in [-0.2, -0.15) is 5.10 Å². The second-order valence-electron chi connectivity index (χ2n) is 9.76. The molecule has 0 aromatic heterocycles. The first-order chi connectivity index (χ1) is 13.2. The van der Waals surface area contributed by atoms with Gasteiger partial charge in [-0.05, 0) is 68.1 Å². The molecular formula is C22H33N3O3. The van der Waals surface area contributed by atoms with E-state index >= 15 is 0 Å². The maximum Gasteiger partial charge on any atom is 0.332 e. The number of allylic oxidation sites excluding steroid dienone is 1. The van der Waals surface area contributed by atoms with Gasteiger partial charge in [0.25, 0.3) is 0 Å². The number of nitrogens with zero attached hydrogens (tertiary/aromatic N) is 1. The number of esters is 1. The first-order valence-electron chi connectivity index (χ1n) is 10.7. The first-order valence-corrected chi connectivity index (χ1v) is 10.7. The lowest BCUT2D eigenvalue weighted by molar-refractivity contribution is -0.148. The lowest BCUT2D eigenvalue weighted by Gasteiger charge is -2.57. The van der Waals surface area contributed by atoms with E-state index in [0.29, 0.717) is 17.8 Å². The van der Waals surface area contributed by atoms with Crippen molar-refractivity contribution >= 4 is 17.7 Å². The first kappa shape index (κ1) is 19.5. The molecule has 3 N–H and O–H groups in total. The van der Waals surface area contributed by atoms with Crippen LogP contribution in [0.5, 0.6) is 0 Å². The molecule has 0 radical (unpaired) electrons. The summed E-state index contributed by atoms with van der Waals surface area (Å²) in [5.74, 6) is 1.80. The summed E-state index contributed by atoms with van der Waals surface area (Å²) in [6.07, 6.45) is 11.0. The molecule has 6 nitrogen and oxygen atoms in total. The molecule has 0 unspecified atom stereocenters. The lowest BCUT2D eigenvalue weighted by Crippen LogP contribution is -2.50. The molecule has 0 aromatic carbocycles. The molecule has 0 aliphatic heterocycles. The zero-order valence-electron chi connectivity index (χ0n) is 17.3. The minimum absolute atomic E-state index is 0.0484. The standard InChI is InChI=1S/C22H33N3O3/c1-13(26)28-15-8-10-21(2)14(12-15)4-5-16-17-6-7-19(24-25-20(23)27)22(17,3)11-9-18(16)21/h4,15-18H,5-12H2,1-3H3,(H3,23,25,27)/b24-19-/t15-,16-,17+,18-,21+,22+/m1/s1. The van der Waals surface area contributed by atoms with Crippen LogP contribution in [0.1, 0.15) is 72.1 Å². The lowest BCUT2D eigenvalue weighted by atomic mass is 9.48. The molecule has 4 aliphatic rings. The topological polar surface area (TPSA) is 93.8 Å². The van der Waals surface area contributed by atoms with Gasteiger partial charge in [0.15, 0.2) is 0 Å². The third-order valence-electron chi connectivity index (χ3n) is 8.43. The molecule has 0 aromatic rings. The van der Waals surface area contributed by atoms with Crippen molar-refractivity contribution in [2.75, 3.05) is 0 Å². The van der Waals surface area contributed by atoms with Gasteiger partial charge in [-0.15, -0.1) is 0 Å². The second kappa shape index (κ2) is 6.89. The maximum atomic E-state index is 11.4. The van der Waals surface area contributed by atoms with Crippen molar-refractivity contribution in [1.82, 2.24) is 5.43 Å². The molecule has 3 saturated carbocycles. The summed E-state index contributed by atoms with van der Waals surface area (Å²) in [6.45, 7) is 6.29. The van der Waals surface area contributed by atoms with Crippen molar-refractivity contribution in [3.05, 3.63) is 11.6 Å². The minimum atomic E-state index is -0.587. The summed E-state index contributed by atoms with van der Waals surface area (Å²) in [7, 11) is 0. The van der Waals surface area contributed by atoms with Crippen LogP contribution in [0.2, 0.25) is 0 Å². The third kappa shape index (κ3) is 3.05. The van der Waals surface area contributed by atoms with E-state index in [-0.39, 0.29) is 22.9 Å². The number of nitrogens with two attached hydrogens (primary N) is 1. The fourth-order valence-corrected chi connectivity index (χ4v) is 7.06. The van der Waals surface area contributed by atoms with Gasteiger partial charge in [0.1, 0.15) is 6.10 Å². The zero-order valence-corrected chi connectivity index (χ0v) is 17.3. The Morgan fingerprint density at radius 3 is 2.61 bits per heavy atom. The fraction of sp³-hybridized carbons (Fsp3) is 0.773. The van der Waals surface area contributed by atoms with Crippen LogP contribution in [0.3, 0.4) is 0 Å². The summed E-state index contributed by atoms with van der Waals surface area (Å²) in [4.78, 5) is 22.5. The average Bonchev–Trinajstić information content (AvgIpc) is 2.96. The van der Waals surface area contributed by atoms with Crippen molar-refractivity contribution in [3.63, 3.8) is 0 Å². The highest BCUT2D eigenvalue weighted by Gasteiger charge is 2.58. The van der Waals surface area contributed by atoms with E-state index in [2.05, 4.69) is 30.5 Å². The SMILES string of the molecule is CC(=O)O[C@@H]1CC[C@@]2(C)C(=CC[C@H]3[C@H]2CC[C@]2(C)/C(=N\NC(N)=O)CC[C@@H]32)C1. The van der Waals surface area contributed by atoms with E-state index in [1.165, 1.54) is 18.9 Å². The highest BCUT2D eigenvalue weighted by Crippen LogP contribution is 2.64. The molecule has 154 valence electrons. The number of nitrogens with one attached hydrogen (secondary N) is 1. The van der Waals surface area contributed by atoms with Crippen LogP contribution >= 0.6 is 0 Å². The number of hydrogen-bond donors (Lipinski definition) is 2. The number of ether oxygens (including phenoxy) is 1. The molecule has 6 heteroatoms. The van der Waals surface area contributed by atoms with E-state index in [1.807, 2.05) is 0 Å². The number of urea groups is 1. The van der Waals surface area contributed by atoms with Crippen molar-refractivity contribution < 1.29 is 14.3 Å². The zero-order chi connectivity index (χ0) is 20.1. The Kier molecular flexibility index (Phi) is 4.79. The van der Waals surface area contributed by atoms with Gasteiger partial charge < -0.3 is 10.5 Å². The average molecular weight is 388 g/mol. The Morgan fingerprint density at radius 2 is 1.89 bits per heavy atom. The fourth-order valence-electron chi connectivity index (χ4n) is 7.06. The van der Waals surface area contributed by atoms with Gasteiger partial charge in [-0.1, -0.05) is 25.5 Å². The van der Waals surface area contributed by atoms with Crippen LogP contribution in [0, 0.1) is 28.6 Å². The van der Waals surface area contributed by atoms with E-state index in [9.17, 15) is 9.59 Å². The molecule has 28 heavy (non-hydrogen) atoms. The number of primary amides is 1. The number of carbonyl (C=O) groups is 2. The molecule has 3 fully saturated rings. The summed E-state index contributed by atoms with van der Waals surface area (Å²) >= 11 is 0. The minimum Gasteiger partial charge on any atom is -0.462 e. The molecule has 4 rings (SSSR count). The third-order valence-corrected chi connectivity index (χ3v) is 8.43. The van der Waals surface area contributed by atoms with Crippen LogP contribution in [-0.2, 0) is 9.53 Å². The number of hydrazone groups is 1. The van der Waals surface area contributed by atoms with Crippen molar-refractivity contribution in [3.8, 4) is 0 Å². The number of hydrogen-bond acceptors (Lipinski definition) is 4. The number of rotatable bonds is 2. The highest BCUT2D eigenvalue weighted by molar-refractivity contribution is 5.93. The number of fused-ring (bicyclic) bond motifs is 5. The van der Waals surface area contributed by atoms with Crippen LogP contribution in [-0.4, -0.2) is 23.8 Å². The number of carbonyl (C=O) groups excluding carboxylic acids is 2. The Morgan fingerprint density at radius 1 is 1.18 bits per heavy atom. The van der Waals surface area contributed by atoms with E-state index in [0.717, 1.165) is 50.7 Å². The monoisotopic (exact) mass is 387 g/mol. The van der Waals surface area contributed by atoms with E-state index in [4.69, 9.17) is 10.5 Å². The quantitative estimate of drug-likeness (QED) is 0.427. The molecule has 4 aliphatic carbocycles. The summed E-state index contributed by atoms with van der Waals surface area (Å²) in [6, 6.07) is -0.587. The van der Waals surface area contributed by atoms with Crippen LogP contribution < -0.4 is 11.2 Å². The van der Waals surface area contributed by atoms with Gasteiger partial charge in [-0.3, -0.25) is 4.79 Å². The van der Waals surface area contributed by atoms with Gasteiger partial charge >= 0.3 is 12.0 Å². The molecule has 2 amide bonds. The maximum absolute atomic E-state index is 11.4. The molecular weight excluding hydrogens is 354 g/mol. The Labute approximate surface area is 167 Å². The molecule has 0 bridgehead atoms. The van der Waals surface area contributed by atoms with Gasteiger partial charge in [0, 0.05) is 24.5 Å². The van der Waals surface area contributed by atoms with Crippen LogP contribution in [0.4, 0.5) is 4.79 Å². The van der Waals surface area contributed by atoms with Crippen LogP contribution in [0.15, 0.2) is 16.8 Å². The van der Waals surface area contributed by atoms with Gasteiger partial charge in [0.2, 0.25) is 0 Å². The predicted octanol–water partition coefficient (Wildman–Crippen LogP) is 3.91. The summed E-state index contributed by atoms with van der Waals surface area (Å²) in [5, 5.41) is 4.38. The van der Waals surface area contributed by atoms with Gasteiger partial charge in [-0.25, -0.2) is 10.2 Å². The van der Waals surface area contributed by atoms with E-state index in [1.54, 1.807) is 0 Å². The van der Waals surface area contributed by atoms with E-state index < -0.39 is 6.03 Å². The van der Waals surface area contributed by atoms with Crippen LogP contribution in [0.25, 0.3) is 0 Å². The van der Waals surface area contributed by atoms with Crippen molar-refractivity contribution in [2.24, 2.45) is 39.4 Å². The number of amides is 2. The Bertz CT molecular complexity index is 745. The summed E-state index contributed by atoms with van der Waals surface area (Å²) < 4.78 is 5.53. The molecule has 0 saturated heterocycles. The predicted molar refractivity (Wildman–Crippen MR) is 107 cm³/mol. The van der Waals surface area contributed by atoms with Crippen molar-refractivity contribution in [2.45, 2.75) is 78.2 Å². The smallest absolute Gasteiger partial charge is 0.332 e. The Balaban J connectivity index is 1.56. The largest absolute Gasteiger partial charge is 0.462 e. The Hall–Kier alpha value is -1.85. The van der Waals surface area contributed by atoms with Gasteiger partial charge in [0.05, 0.1) is 0 Å². The van der Waals surface area contributed by atoms with Crippen molar-refractivity contribution in [1.29, 1.82) is 0 Å².